The van der Waals surface area contributed by atoms with E-state index in [1.165, 1.54) is 39.4 Å². The summed E-state index contributed by atoms with van der Waals surface area (Å²) >= 11 is 1.68. The predicted molar refractivity (Wildman–Crippen MR) is 176 cm³/mol. The van der Waals surface area contributed by atoms with Crippen LogP contribution in [0.2, 0.25) is 0 Å². The molecular weight excluding hydrogens is 550 g/mol. The van der Waals surface area contributed by atoms with Crippen molar-refractivity contribution < 1.29 is 9.13 Å². The Labute approximate surface area is 256 Å². The number of benzene rings is 4. The summed E-state index contributed by atoms with van der Waals surface area (Å²) in [7, 11) is 1.69. The standard InChI is InChI=1S/C39H32FNOS/c1-42-28-8-6-9-29(23-28)43-39-34(38(25-13-14-25)41-37-20-17-27(40)22-36(37)39)19-16-26-21-35-30-10-3-2-7-24(30)15-18-33(35)32-12-5-4-11-31(26)32/h2,4-9,11-12,15-20,22-23,25-26H,3,10,13-14,21H2,1H3/b19-16+. The molecule has 212 valence electrons. The normalized spacial score (nSPS) is 17.1. The Balaban J connectivity index is 1.28. The molecule has 0 radical (unpaired) electrons. The number of ether oxygens (including phenoxy) is 1. The van der Waals surface area contributed by atoms with Crippen molar-refractivity contribution >= 4 is 34.8 Å². The van der Waals surface area contributed by atoms with Gasteiger partial charge in [0.15, 0.2) is 0 Å². The summed E-state index contributed by atoms with van der Waals surface area (Å²) in [5.41, 5.74) is 11.5. The van der Waals surface area contributed by atoms with Gasteiger partial charge in [0.25, 0.3) is 0 Å². The number of pyridine rings is 1. The SMILES string of the molecule is COc1cccc(Sc2c(/C=C/C3Cc4c(ccc5c4CCC=C5)-c4ccccc43)c(C3CC3)nc3ccc(F)cc23)c1. The number of fused-ring (bicyclic) bond motifs is 6. The molecule has 1 heterocycles. The van der Waals surface area contributed by atoms with Crippen molar-refractivity contribution in [3.63, 3.8) is 0 Å². The fourth-order valence-electron chi connectivity index (χ4n) is 6.83. The zero-order chi connectivity index (χ0) is 28.9. The van der Waals surface area contributed by atoms with Crippen LogP contribution in [0.15, 0.2) is 101 Å². The van der Waals surface area contributed by atoms with E-state index in [0.717, 1.165) is 69.8 Å². The Morgan fingerprint density at radius 3 is 2.72 bits per heavy atom. The number of halogens is 1. The van der Waals surface area contributed by atoms with Gasteiger partial charge in [-0.1, -0.05) is 78.5 Å². The van der Waals surface area contributed by atoms with Crippen LogP contribution in [-0.4, -0.2) is 12.1 Å². The molecule has 1 atom stereocenters. The number of hydrogen-bond donors (Lipinski definition) is 0. The molecule has 0 N–H and O–H groups in total. The summed E-state index contributed by atoms with van der Waals surface area (Å²) in [5, 5.41) is 0.854. The number of aromatic nitrogens is 1. The van der Waals surface area contributed by atoms with Gasteiger partial charge in [-0.2, -0.15) is 0 Å². The number of methoxy groups -OCH3 is 1. The topological polar surface area (TPSA) is 22.1 Å². The second kappa shape index (κ2) is 10.8. The zero-order valence-electron chi connectivity index (χ0n) is 24.1. The van der Waals surface area contributed by atoms with Crippen molar-refractivity contribution in [2.75, 3.05) is 7.11 Å². The smallest absolute Gasteiger partial charge is 0.124 e. The molecule has 5 aromatic rings. The average Bonchev–Trinajstić information content (AvgIpc) is 3.90. The van der Waals surface area contributed by atoms with Crippen molar-refractivity contribution in [2.45, 2.75) is 53.7 Å². The van der Waals surface area contributed by atoms with Gasteiger partial charge < -0.3 is 4.74 Å². The molecule has 8 rings (SSSR count). The van der Waals surface area contributed by atoms with Crippen LogP contribution in [0.5, 0.6) is 5.75 Å². The Hall–Kier alpha value is -4.15. The molecule has 3 aliphatic rings. The number of allylic oxidation sites excluding steroid dienone is 2. The summed E-state index contributed by atoms with van der Waals surface area (Å²) < 4.78 is 20.2. The molecule has 0 spiro atoms. The van der Waals surface area contributed by atoms with E-state index in [1.54, 1.807) is 24.9 Å². The first-order valence-electron chi connectivity index (χ1n) is 15.2. The third-order valence-electron chi connectivity index (χ3n) is 9.09. The molecular formula is C39H32FNOS. The van der Waals surface area contributed by atoms with Crippen LogP contribution in [0, 0.1) is 5.82 Å². The average molecular weight is 582 g/mol. The van der Waals surface area contributed by atoms with Gasteiger partial charge >= 0.3 is 0 Å². The lowest BCUT2D eigenvalue weighted by Gasteiger charge is -2.29. The van der Waals surface area contributed by atoms with Gasteiger partial charge in [-0.3, -0.25) is 4.98 Å². The molecule has 4 heteroatoms. The van der Waals surface area contributed by atoms with Crippen LogP contribution in [0.4, 0.5) is 4.39 Å². The molecule has 1 aromatic heterocycles. The van der Waals surface area contributed by atoms with Crippen LogP contribution in [-0.2, 0) is 12.8 Å². The number of rotatable bonds is 6. The maximum absolute atomic E-state index is 14.7. The maximum atomic E-state index is 14.7. The second-order valence-electron chi connectivity index (χ2n) is 11.8. The fourth-order valence-corrected chi connectivity index (χ4v) is 7.94. The van der Waals surface area contributed by atoms with Crippen LogP contribution in [0.1, 0.15) is 64.6 Å². The van der Waals surface area contributed by atoms with E-state index in [1.807, 2.05) is 24.3 Å². The zero-order valence-corrected chi connectivity index (χ0v) is 25.0. The largest absolute Gasteiger partial charge is 0.497 e. The molecule has 1 saturated carbocycles. The van der Waals surface area contributed by atoms with Crippen molar-refractivity contribution in [2.24, 2.45) is 0 Å². The second-order valence-corrected chi connectivity index (χ2v) is 12.9. The molecule has 0 amide bonds. The molecule has 43 heavy (non-hydrogen) atoms. The minimum absolute atomic E-state index is 0.242. The third-order valence-corrected chi connectivity index (χ3v) is 10.2. The summed E-state index contributed by atoms with van der Waals surface area (Å²) in [5.74, 6) is 1.25. The minimum Gasteiger partial charge on any atom is -0.497 e. The lowest BCUT2D eigenvalue weighted by Crippen LogP contribution is -2.13. The summed E-state index contributed by atoms with van der Waals surface area (Å²) in [4.78, 5) is 7.27. The van der Waals surface area contributed by atoms with Crippen LogP contribution >= 0.6 is 11.8 Å². The molecule has 1 fully saturated rings. The molecule has 1 unspecified atom stereocenters. The van der Waals surface area contributed by atoms with E-state index in [0.29, 0.717) is 5.92 Å². The van der Waals surface area contributed by atoms with E-state index in [-0.39, 0.29) is 11.7 Å². The van der Waals surface area contributed by atoms with Crippen LogP contribution in [0.25, 0.3) is 34.2 Å². The van der Waals surface area contributed by atoms with Gasteiger partial charge in [0.05, 0.1) is 18.3 Å². The Bertz CT molecular complexity index is 1950. The Morgan fingerprint density at radius 2 is 1.84 bits per heavy atom. The lowest BCUT2D eigenvalue weighted by molar-refractivity contribution is 0.413. The summed E-state index contributed by atoms with van der Waals surface area (Å²) in [6, 6.07) is 26.6. The van der Waals surface area contributed by atoms with E-state index in [2.05, 4.69) is 66.8 Å². The third kappa shape index (κ3) is 4.88. The monoisotopic (exact) mass is 581 g/mol. The quantitative estimate of drug-likeness (QED) is 0.199. The lowest BCUT2D eigenvalue weighted by atomic mass is 9.74. The van der Waals surface area contributed by atoms with E-state index in [4.69, 9.17) is 9.72 Å². The highest BCUT2D eigenvalue weighted by Gasteiger charge is 2.31. The first-order valence-corrected chi connectivity index (χ1v) is 16.0. The first-order chi connectivity index (χ1) is 21.2. The molecule has 0 aliphatic heterocycles. The molecule has 2 nitrogen and oxygen atoms in total. The van der Waals surface area contributed by atoms with Gasteiger partial charge in [-0.15, -0.1) is 0 Å². The van der Waals surface area contributed by atoms with Crippen molar-refractivity contribution in [3.8, 4) is 16.9 Å². The van der Waals surface area contributed by atoms with Gasteiger partial charge in [-0.25, -0.2) is 4.39 Å². The van der Waals surface area contributed by atoms with E-state index in [9.17, 15) is 4.39 Å². The van der Waals surface area contributed by atoms with E-state index < -0.39 is 0 Å². The predicted octanol–water partition coefficient (Wildman–Crippen LogP) is 10.4. The van der Waals surface area contributed by atoms with Gasteiger partial charge in [0.2, 0.25) is 0 Å². The van der Waals surface area contributed by atoms with Crippen LogP contribution in [0.3, 0.4) is 0 Å². The first kappa shape index (κ1) is 26.5. The molecule has 0 saturated heterocycles. The highest BCUT2D eigenvalue weighted by molar-refractivity contribution is 7.99. The molecule has 3 aliphatic carbocycles. The summed E-state index contributed by atoms with van der Waals surface area (Å²) in [6.45, 7) is 0. The fraction of sp³-hybridized carbons (Fsp3) is 0.205. The maximum Gasteiger partial charge on any atom is 0.124 e. The molecule has 0 bridgehead atoms. The highest BCUT2D eigenvalue weighted by Crippen LogP contribution is 2.48. The summed E-state index contributed by atoms with van der Waals surface area (Å²) in [6.07, 6.45) is 14.7. The number of nitrogens with zero attached hydrogens (tertiary/aromatic N) is 1. The Morgan fingerprint density at radius 1 is 0.930 bits per heavy atom. The highest BCUT2D eigenvalue weighted by atomic mass is 32.2. The van der Waals surface area contributed by atoms with Crippen molar-refractivity contribution in [3.05, 3.63) is 130 Å². The van der Waals surface area contributed by atoms with E-state index >= 15 is 0 Å². The van der Waals surface area contributed by atoms with Crippen molar-refractivity contribution in [1.82, 2.24) is 4.98 Å². The van der Waals surface area contributed by atoms with Crippen LogP contribution < -0.4 is 4.74 Å². The Kier molecular flexibility index (Phi) is 6.68. The van der Waals surface area contributed by atoms with Crippen molar-refractivity contribution in [1.29, 1.82) is 0 Å². The minimum atomic E-state index is -0.243. The number of hydrogen-bond acceptors (Lipinski definition) is 3. The van der Waals surface area contributed by atoms with Gasteiger partial charge in [0, 0.05) is 32.6 Å². The van der Waals surface area contributed by atoms with Gasteiger partial charge in [-0.05, 0) is 102 Å². The molecule has 4 aromatic carbocycles. The van der Waals surface area contributed by atoms with Gasteiger partial charge in [0.1, 0.15) is 11.6 Å².